The molecule has 7 nitrogen and oxygen atoms in total. The van der Waals surface area contributed by atoms with Gasteiger partial charge < -0.3 is 4.84 Å². The monoisotopic (exact) mass is 393 g/mol. The summed E-state index contributed by atoms with van der Waals surface area (Å²) < 4.78 is 23.2. The van der Waals surface area contributed by atoms with Crippen molar-refractivity contribution in [2.75, 3.05) is 11.6 Å². The first kappa shape index (κ1) is 18.5. The highest BCUT2D eigenvalue weighted by atomic mass is 32.2. The summed E-state index contributed by atoms with van der Waals surface area (Å²) in [4.78, 5) is 22.4. The molecule has 0 atom stereocenters. The van der Waals surface area contributed by atoms with Gasteiger partial charge in [-0.2, -0.15) is 0 Å². The van der Waals surface area contributed by atoms with Gasteiger partial charge in [0.25, 0.3) is 5.91 Å². The highest BCUT2D eigenvalue weighted by molar-refractivity contribution is 7.90. The zero-order chi connectivity index (χ0) is 18.6. The van der Waals surface area contributed by atoms with Gasteiger partial charge in [-0.3, -0.25) is 10.1 Å². The zero-order valence-corrected chi connectivity index (χ0v) is 15.8. The van der Waals surface area contributed by atoms with Gasteiger partial charge in [0.2, 0.25) is 0 Å². The lowest BCUT2D eigenvalue weighted by Gasteiger charge is -2.10. The Morgan fingerprint density at radius 1 is 1.27 bits per heavy atom. The van der Waals surface area contributed by atoms with E-state index in [9.17, 15) is 13.2 Å². The molecule has 138 valence electrons. The Balaban J connectivity index is 1.86. The molecule has 1 aliphatic carbocycles. The maximum atomic E-state index is 12.6. The number of aromatic nitrogens is 1. The molecule has 1 fully saturated rings. The van der Waals surface area contributed by atoms with Crippen LogP contribution in [0.3, 0.4) is 0 Å². The normalized spacial score (nSPS) is 15.8. The van der Waals surface area contributed by atoms with E-state index in [2.05, 4.69) is 15.5 Å². The number of rotatable bonds is 6. The fourth-order valence-corrected chi connectivity index (χ4v) is 3.80. The number of carbonyl (C=O) groups excluding carboxylic acids is 1. The van der Waals surface area contributed by atoms with Gasteiger partial charge in [0, 0.05) is 23.4 Å². The van der Waals surface area contributed by atoms with Gasteiger partial charge >= 0.3 is 0 Å². The van der Waals surface area contributed by atoms with E-state index in [0.29, 0.717) is 10.7 Å². The third kappa shape index (κ3) is 4.67. The lowest BCUT2D eigenvalue weighted by molar-refractivity contribution is -0.110. The predicted molar refractivity (Wildman–Crippen MR) is 100 cm³/mol. The lowest BCUT2D eigenvalue weighted by Crippen LogP contribution is -2.25. The number of amides is 1. The van der Waals surface area contributed by atoms with Gasteiger partial charge in [0.15, 0.2) is 20.7 Å². The SMILES string of the molecule is CS(=O)(=O)c1ccc(C(=NOC2CCCC2)C(=O)Nc2nccs2)cc1. The number of sulfone groups is 1. The third-order valence-corrected chi connectivity index (χ3v) is 5.84. The summed E-state index contributed by atoms with van der Waals surface area (Å²) in [5.41, 5.74) is 0.566. The van der Waals surface area contributed by atoms with Crippen molar-refractivity contribution in [2.45, 2.75) is 36.7 Å². The smallest absolute Gasteiger partial charge is 0.280 e. The van der Waals surface area contributed by atoms with Crippen molar-refractivity contribution in [3.05, 3.63) is 41.4 Å². The largest absolute Gasteiger partial charge is 0.392 e. The summed E-state index contributed by atoms with van der Waals surface area (Å²) in [6.45, 7) is 0. The van der Waals surface area contributed by atoms with Gasteiger partial charge in [0.1, 0.15) is 6.10 Å². The highest BCUT2D eigenvalue weighted by Crippen LogP contribution is 2.22. The minimum Gasteiger partial charge on any atom is -0.392 e. The van der Waals surface area contributed by atoms with Gasteiger partial charge in [-0.25, -0.2) is 13.4 Å². The second-order valence-electron chi connectivity index (χ2n) is 6.04. The van der Waals surface area contributed by atoms with Crippen LogP contribution in [0.15, 0.2) is 45.9 Å². The van der Waals surface area contributed by atoms with Crippen LogP contribution in [-0.4, -0.2) is 37.4 Å². The molecule has 1 aromatic carbocycles. The average molecular weight is 393 g/mol. The Labute approximate surface area is 156 Å². The first-order valence-corrected chi connectivity index (χ1v) is 11.0. The van der Waals surface area contributed by atoms with Crippen molar-refractivity contribution in [2.24, 2.45) is 5.16 Å². The van der Waals surface area contributed by atoms with E-state index >= 15 is 0 Å². The average Bonchev–Trinajstić information content (AvgIpc) is 3.28. The Hall–Kier alpha value is -2.26. The third-order valence-electron chi connectivity index (χ3n) is 4.02. The van der Waals surface area contributed by atoms with Crippen molar-refractivity contribution in [3.8, 4) is 0 Å². The van der Waals surface area contributed by atoms with E-state index in [-0.39, 0.29) is 16.7 Å². The molecule has 3 rings (SSSR count). The molecule has 1 saturated carbocycles. The topological polar surface area (TPSA) is 97.7 Å². The Kier molecular flexibility index (Phi) is 5.67. The molecular formula is C17H19N3O4S2. The molecule has 0 aliphatic heterocycles. The van der Waals surface area contributed by atoms with Crippen molar-refractivity contribution in [1.82, 2.24) is 4.98 Å². The molecule has 0 unspecified atom stereocenters. The molecular weight excluding hydrogens is 374 g/mol. The second-order valence-corrected chi connectivity index (χ2v) is 8.95. The molecule has 0 bridgehead atoms. The van der Waals surface area contributed by atoms with Gasteiger partial charge in [-0.1, -0.05) is 17.3 Å². The number of hydrogen-bond acceptors (Lipinski definition) is 7. The molecule has 0 saturated heterocycles. The minimum atomic E-state index is -3.31. The molecule has 1 aliphatic rings. The number of anilines is 1. The van der Waals surface area contributed by atoms with Crippen LogP contribution in [0, 0.1) is 0 Å². The Morgan fingerprint density at radius 2 is 1.96 bits per heavy atom. The first-order chi connectivity index (χ1) is 12.4. The Morgan fingerprint density at radius 3 is 2.54 bits per heavy atom. The summed E-state index contributed by atoms with van der Waals surface area (Å²) in [7, 11) is -3.31. The van der Waals surface area contributed by atoms with Crippen molar-refractivity contribution in [1.29, 1.82) is 0 Å². The summed E-state index contributed by atoms with van der Waals surface area (Å²) >= 11 is 1.29. The van der Waals surface area contributed by atoms with Crippen LogP contribution in [0.1, 0.15) is 31.2 Å². The summed E-state index contributed by atoms with van der Waals surface area (Å²) in [6.07, 6.45) is 6.74. The molecule has 1 amide bonds. The number of thiazole rings is 1. The molecule has 1 aromatic heterocycles. The maximum Gasteiger partial charge on any atom is 0.280 e. The molecule has 2 aromatic rings. The second kappa shape index (κ2) is 7.96. The van der Waals surface area contributed by atoms with Crippen LogP contribution < -0.4 is 5.32 Å². The number of oxime groups is 1. The Bertz CT molecular complexity index is 885. The molecule has 1 heterocycles. The van der Waals surface area contributed by atoms with E-state index in [1.165, 1.54) is 23.5 Å². The highest BCUT2D eigenvalue weighted by Gasteiger charge is 2.21. The van der Waals surface area contributed by atoms with Crippen LogP contribution in [0.25, 0.3) is 0 Å². The van der Waals surface area contributed by atoms with Crippen LogP contribution in [-0.2, 0) is 19.5 Å². The van der Waals surface area contributed by atoms with Crippen LogP contribution >= 0.6 is 11.3 Å². The lowest BCUT2D eigenvalue weighted by atomic mass is 10.1. The number of nitrogens with one attached hydrogen (secondary N) is 1. The first-order valence-electron chi connectivity index (χ1n) is 8.18. The van der Waals surface area contributed by atoms with E-state index in [1.54, 1.807) is 23.7 Å². The molecule has 9 heteroatoms. The minimum absolute atomic E-state index is 0.00737. The summed E-state index contributed by atoms with van der Waals surface area (Å²) in [5.74, 6) is -0.454. The van der Waals surface area contributed by atoms with Crippen LogP contribution in [0.4, 0.5) is 5.13 Å². The van der Waals surface area contributed by atoms with E-state index in [1.807, 2.05) is 0 Å². The standard InChI is InChI=1S/C17H19N3O4S2/c1-26(22,23)14-8-6-12(7-9-14)15(20-24-13-4-2-3-5-13)16(21)19-17-18-10-11-25-17/h6-11,13H,2-5H2,1H3,(H,18,19,21). The van der Waals surface area contributed by atoms with Gasteiger partial charge in [0.05, 0.1) is 4.90 Å². The van der Waals surface area contributed by atoms with Gasteiger partial charge in [-0.05, 0) is 37.8 Å². The van der Waals surface area contributed by atoms with Crippen molar-refractivity contribution in [3.63, 3.8) is 0 Å². The van der Waals surface area contributed by atoms with E-state index in [0.717, 1.165) is 31.9 Å². The number of benzene rings is 1. The van der Waals surface area contributed by atoms with Crippen LogP contribution in [0.2, 0.25) is 0 Å². The number of nitrogens with zero attached hydrogens (tertiary/aromatic N) is 2. The summed E-state index contributed by atoms with van der Waals surface area (Å²) in [5, 5.41) is 8.97. The summed E-state index contributed by atoms with van der Waals surface area (Å²) in [6, 6.07) is 6.00. The predicted octanol–water partition coefficient (Wildman–Crippen LogP) is 2.85. The van der Waals surface area contributed by atoms with Crippen molar-refractivity contribution >= 4 is 37.9 Å². The number of carbonyl (C=O) groups is 1. The molecule has 0 spiro atoms. The molecule has 26 heavy (non-hydrogen) atoms. The quantitative estimate of drug-likeness (QED) is 0.601. The maximum absolute atomic E-state index is 12.6. The van der Waals surface area contributed by atoms with Crippen LogP contribution in [0.5, 0.6) is 0 Å². The fraction of sp³-hybridized carbons (Fsp3) is 0.353. The van der Waals surface area contributed by atoms with Gasteiger partial charge in [-0.15, -0.1) is 11.3 Å². The zero-order valence-electron chi connectivity index (χ0n) is 14.2. The van der Waals surface area contributed by atoms with E-state index in [4.69, 9.17) is 4.84 Å². The van der Waals surface area contributed by atoms with E-state index < -0.39 is 15.7 Å². The van der Waals surface area contributed by atoms with Crippen molar-refractivity contribution < 1.29 is 18.0 Å². The molecule has 1 N–H and O–H groups in total. The molecule has 0 radical (unpaired) electrons. The number of hydrogen-bond donors (Lipinski definition) is 1. The fourth-order valence-electron chi connectivity index (χ4n) is 2.65.